The van der Waals surface area contributed by atoms with E-state index in [4.69, 9.17) is 4.74 Å². The Morgan fingerprint density at radius 2 is 2.10 bits per heavy atom. The molecule has 0 radical (unpaired) electrons. The van der Waals surface area contributed by atoms with Gasteiger partial charge >= 0.3 is 0 Å². The van der Waals surface area contributed by atoms with E-state index in [2.05, 4.69) is 21.2 Å². The Hall–Kier alpha value is -1.36. The summed E-state index contributed by atoms with van der Waals surface area (Å²) in [6.45, 7) is 4.31. The molecule has 1 aromatic carbocycles. The molecular weight excluding hydrogens is 334 g/mol. The topological polar surface area (TPSA) is 55.4 Å². The second kappa shape index (κ2) is 7.07. The number of carbonyl (C=O) groups is 2. The van der Waals surface area contributed by atoms with Gasteiger partial charge in [0.2, 0.25) is 5.91 Å². The van der Waals surface area contributed by atoms with Crippen LogP contribution in [-0.4, -0.2) is 23.1 Å². The number of halogens is 1. The molecule has 0 bridgehead atoms. The van der Waals surface area contributed by atoms with Gasteiger partial charge in [-0.25, -0.2) is 0 Å². The summed E-state index contributed by atoms with van der Waals surface area (Å²) >= 11 is 3.37. The van der Waals surface area contributed by atoms with Crippen molar-refractivity contribution in [2.75, 3.05) is 11.9 Å². The summed E-state index contributed by atoms with van der Waals surface area (Å²) in [5, 5.41) is 2.88. The minimum absolute atomic E-state index is 0.0264. The Morgan fingerprint density at radius 1 is 1.38 bits per heavy atom. The van der Waals surface area contributed by atoms with E-state index >= 15 is 0 Å². The standard InChI is InChI=1S/C16H20BrNO3/c1-3-12(17)15(19)11-7-8-13(14(9-11)21-4-2)18-16(20)10-5-6-10/h7-10,12H,3-6H2,1-2H3,(H,18,20). The van der Waals surface area contributed by atoms with Crippen molar-refractivity contribution in [2.24, 2.45) is 5.92 Å². The van der Waals surface area contributed by atoms with Crippen molar-refractivity contribution in [3.63, 3.8) is 0 Å². The maximum atomic E-state index is 12.2. The largest absolute Gasteiger partial charge is 0.492 e. The zero-order chi connectivity index (χ0) is 15.4. The zero-order valence-corrected chi connectivity index (χ0v) is 13.9. The molecule has 4 nitrogen and oxygen atoms in total. The molecule has 2 rings (SSSR count). The molecule has 0 heterocycles. The maximum absolute atomic E-state index is 12.2. The third-order valence-corrected chi connectivity index (χ3v) is 4.48. The molecule has 5 heteroatoms. The maximum Gasteiger partial charge on any atom is 0.227 e. The zero-order valence-electron chi connectivity index (χ0n) is 12.3. The van der Waals surface area contributed by atoms with E-state index < -0.39 is 0 Å². The van der Waals surface area contributed by atoms with Crippen LogP contribution in [0.1, 0.15) is 43.5 Å². The van der Waals surface area contributed by atoms with Crippen LogP contribution in [-0.2, 0) is 4.79 Å². The normalized spacial score (nSPS) is 15.4. The second-order valence-electron chi connectivity index (χ2n) is 5.15. The lowest BCUT2D eigenvalue weighted by atomic mass is 10.1. The van der Waals surface area contributed by atoms with Crippen molar-refractivity contribution >= 4 is 33.3 Å². The third kappa shape index (κ3) is 4.06. The average Bonchev–Trinajstić information content (AvgIpc) is 3.32. The van der Waals surface area contributed by atoms with Crippen LogP contribution in [0.3, 0.4) is 0 Å². The minimum Gasteiger partial charge on any atom is -0.492 e. The molecule has 1 unspecified atom stereocenters. The highest BCUT2D eigenvalue weighted by Crippen LogP contribution is 2.33. The van der Waals surface area contributed by atoms with Gasteiger partial charge in [0.15, 0.2) is 5.78 Å². The van der Waals surface area contributed by atoms with E-state index in [1.165, 1.54) is 0 Å². The summed E-state index contributed by atoms with van der Waals surface area (Å²) in [6, 6.07) is 5.18. The first-order valence-electron chi connectivity index (χ1n) is 7.32. The van der Waals surface area contributed by atoms with E-state index in [0.717, 1.165) is 19.3 Å². The first kappa shape index (κ1) is 16.0. The van der Waals surface area contributed by atoms with Crippen LogP contribution < -0.4 is 10.1 Å². The summed E-state index contributed by atoms with van der Waals surface area (Å²) in [7, 11) is 0. The number of carbonyl (C=O) groups excluding carboxylic acids is 2. The summed E-state index contributed by atoms with van der Waals surface area (Å²) in [5.74, 6) is 0.737. The van der Waals surface area contributed by atoms with Crippen LogP contribution in [0.15, 0.2) is 18.2 Å². The third-order valence-electron chi connectivity index (χ3n) is 3.41. The highest BCUT2D eigenvalue weighted by Gasteiger charge is 2.30. The molecule has 1 aliphatic carbocycles. The van der Waals surface area contributed by atoms with Crippen molar-refractivity contribution in [3.05, 3.63) is 23.8 Å². The highest BCUT2D eigenvalue weighted by molar-refractivity contribution is 9.10. The Kier molecular flexibility index (Phi) is 5.39. The summed E-state index contributed by atoms with van der Waals surface area (Å²) in [4.78, 5) is 23.9. The molecular formula is C16H20BrNO3. The molecule has 1 aliphatic rings. The molecule has 1 amide bonds. The fourth-order valence-corrected chi connectivity index (χ4v) is 2.26. The SMILES string of the molecule is CCOc1cc(C(=O)C(Br)CC)ccc1NC(=O)C1CC1. The summed E-state index contributed by atoms with van der Waals surface area (Å²) < 4.78 is 5.56. The number of Topliss-reactive ketones (excluding diaryl/α,β-unsaturated/α-hetero) is 1. The van der Waals surface area contributed by atoms with Crippen LogP contribution in [0.25, 0.3) is 0 Å². The molecule has 1 saturated carbocycles. The highest BCUT2D eigenvalue weighted by atomic mass is 79.9. The molecule has 1 aromatic rings. The number of amides is 1. The molecule has 1 N–H and O–H groups in total. The van der Waals surface area contributed by atoms with Crippen molar-refractivity contribution in [2.45, 2.75) is 37.9 Å². The predicted molar refractivity (Wildman–Crippen MR) is 86.3 cm³/mol. The van der Waals surface area contributed by atoms with Crippen molar-refractivity contribution in [1.29, 1.82) is 0 Å². The van der Waals surface area contributed by atoms with Gasteiger partial charge in [0, 0.05) is 11.5 Å². The first-order chi connectivity index (χ1) is 10.1. The van der Waals surface area contributed by atoms with Gasteiger partial charge in [0.1, 0.15) is 5.75 Å². The number of hydrogen-bond donors (Lipinski definition) is 1. The van der Waals surface area contributed by atoms with Gasteiger partial charge in [-0.15, -0.1) is 0 Å². The fourth-order valence-electron chi connectivity index (χ4n) is 2.00. The van der Waals surface area contributed by atoms with Gasteiger partial charge < -0.3 is 10.1 Å². The number of ether oxygens (including phenoxy) is 1. The Bertz CT molecular complexity index is 540. The summed E-state index contributed by atoms with van der Waals surface area (Å²) in [6.07, 6.45) is 2.63. The predicted octanol–water partition coefficient (Wildman–Crippen LogP) is 3.79. The smallest absolute Gasteiger partial charge is 0.227 e. The van der Waals surface area contributed by atoms with E-state index in [1.54, 1.807) is 18.2 Å². The van der Waals surface area contributed by atoms with Crippen LogP contribution in [0, 0.1) is 5.92 Å². The van der Waals surface area contributed by atoms with Crippen LogP contribution in [0.4, 0.5) is 5.69 Å². The van der Waals surface area contributed by atoms with Gasteiger partial charge in [-0.1, -0.05) is 22.9 Å². The van der Waals surface area contributed by atoms with Crippen molar-refractivity contribution in [1.82, 2.24) is 0 Å². The van der Waals surface area contributed by atoms with E-state index in [-0.39, 0.29) is 22.4 Å². The number of ketones is 1. The average molecular weight is 354 g/mol. The van der Waals surface area contributed by atoms with Crippen LogP contribution in [0.5, 0.6) is 5.75 Å². The number of alkyl halides is 1. The molecule has 0 spiro atoms. The lowest BCUT2D eigenvalue weighted by molar-refractivity contribution is -0.117. The van der Waals surface area contributed by atoms with Crippen LogP contribution in [0.2, 0.25) is 0 Å². The molecule has 21 heavy (non-hydrogen) atoms. The van der Waals surface area contributed by atoms with Gasteiger partial charge in [-0.3, -0.25) is 9.59 Å². The number of hydrogen-bond acceptors (Lipinski definition) is 3. The number of nitrogens with one attached hydrogen (secondary N) is 1. The summed E-state index contributed by atoms with van der Waals surface area (Å²) in [5.41, 5.74) is 1.22. The van der Waals surface area contributed by atoms with Gasteiger partial charge in [-0.2, -0.15) is 0 Å². The van der Waals surface area contributed by atoms with Gasteiger partial charge in [0.25, 0.3) is 0 Å². The van der Waals surface area contributed by atoms with E-state index in [1.807, 2.05) is 13.8 Å². The molecule has 114 valence electrons. The molecule has 0 saturated heterocycles. The van der Waals surface area contributed by atoms with Crippen LogP contribution >= 0.6 is 15.9 Å². The molecule has 1 fully saturated rings. The lowest BCUT2D eigenvalue weighted by Gasteiger charge is -2.14. The number of anilines is 1. The monoisotopic (exact) mass is 353 g/mol. The molecule has 1 atom stereocenters. The Morgan fingerprint density at radius 3 is 2.67 bits per heavy atom. The van der Waals surface area contributed by atoms with E-state index in [0.29, 0.717) is 23.6 Å². The second-order valence-corrected chi connectivity index (χ2v) is 6.25. The number of rotatable bonds is 7. The molecule has 0 aromatic heterocycles. The van der Waals surface area contributed by atoms with Gasteiger partial charge in [0.05, 0.1) is 17.1 Å². The molecule has 0 aliphatic heterocycles. The Labute approximate surface area is 133 Å². The quantitative estimate of drug-likeness (QED) is 0.599. The first-order valence-corrected chi connectivity index (χ1v) is 8.24. The lowest BCUT2D eigenvalue weighted by Crippen LogP contribution is -2.16. The van der Waals surface area contributed by atoms with Crippen molar-refractivity contribution in [3.8, 4) is 5.75 Å². The Balaban J connectivity index is 2.21. The minimum atomic E-state index is -0.195. The fraction of sp³-hybridized carbons (Fsp3) is 0.500. The van der Waals surface area contributed by atoms with E-state index in [9.17, 15) is 9.59 Å². The van der Waals surface area contributed by atoms with Crippen molar-refractivity contribution < 1.29 is 14.3 Å². The van der Waals surface area contributed by atoms with Gasteiger partial charge in [-0.05, 0) is 44.4 Å². The number of benzene rings is 1.